The maximum Gasteiger partial charge on any atom is 0.123 e. The van der Waals surface area contributed by atoms with E-state index in [0.29, 0.717) is 17.5 Å². The van der Waals surface area contributed by atoms with Crippen LogP contribution in [0.1, 0.15) is 46.1 Å². The quantitative estimate of drug-likeness (QED) is 0.808. The van der Waals surface area contributed by atoms with E-state index in [9.17, 15) is 9.50 Å². The second-order valence-corrected chi connectivity index (χ2v) is 5.45. The number of anilines is 1. The lowest BCUT2D eigenvalue weighted by atomic mass is 10.0. The Bertz CT molecular complexity index is 388. The molecule has 1 aromatic carbocycles. The number of benzene rings is 1. The Morgan fingerprint density at radius 3 is 2.32 bits per heavy atom. The van der Waals surface area contributed by atoms with E-state index in [-0.39, 0.29) is 12.4 Å². The number of hydrogen-bond acceptors (Lipinski definition) is 2. The Hall–Kier alpha value is -1.09. The number of halogens is 1. The SMILES string of the molecule is CCC(CC)N(CC(C)C)c1ccc(F)cc1CO. The van der Waals surface area contributed by atoms with Crippen molar-refractivity contribution in [3.63, 3.8) is 0 Å². The van der Waals surface area contributed by atoms with Gasteiger partial charge in [0, 0.05) is 23.8 Å². The molecule has 0 unspecified atom stereocenters. The van der Waals surface area contributed by atoms with E-state index in [4.69, 9.17) is 0 Å². The Morgan fingerprint density at radius 1 is 1.21 bits per heavy atom. The lowest BCUT2D eigenvalue weighted by Gasteiger charge is -2.35. The van der Waals surface area contributed by atoms with E-state index in [0.717, 1.165) is 25.1 Å². The summed E-state index contributed by atoms with van der Waals surface area (Å²) < 4.78 is 13.3. The molecule has 0 aromatic heterocycles. The summed E-state index contributed by atoms with van der Waals surface area (Å²) in [5, 5.41) is 9.46. The summed E-state index contributed by atoms with van der Waals surface area (Å²) in [5.74, 6) is 0.235. The summed E-state index contributed by atoms with van der Waals surface area (Å²) in [4.78, 5) is 2.32. The highest BCUT2D eigenvalue weighted by Gasteiger charge is 2.19. The molecule has 0 heterocycles. The van der Waals surface area contributed by atoms with E-state index in [2.05, 4.69) is 32.6 Å². The van der Waals surface area contributed by atoms with Crippen LogP contribution in [0.15, 0.2) is 18.2 Å². The second kappa shape index (κ2) is 7.49. The summed E-state index contributed by atoms with van der Waals surface area (Å²) in [5.41, 5.74) is 1.64. The molecule has 0 aliphatic heterocycles. The third-order valence-corrected chi connectivity index (χ3v) is 3.47. The van der Waals surface area contributed by atoms with Crippen LogP contribution >= 0.6 is 0 Å². The molecule has 0 spiro atoms. The van der Waals surface area contributed by atoms with E-state index < -0.39 is 0 Å². The molecule has 0 radical (unpaired) electrons. The molecule has 0 amide bonds. The van der Waals surface area contributed by atoms with Crippen molar-refractivity contribution in [3.8, 4) is 0 Å². The predicted molar refractivity (Wildman–Crippen MR) is 78.9 cm³/mol. The molecular weight excluding hydrogens is 241 g/mol. The van der Waals surface area contributed by atoms with Crippen LogP contribution in [0.25, 0.3) is 0 Å². The van der Waals surface area contributed by atoms with Gasteiger partial charge in [0.25, 0.3) is 0 Å². The van der Waals surface area contributed by atoms with Gasteiger partial charge in [-0.25, -0.2) is 4.39 Å². The fourth-order valence-electron chi connectivity index (χ4n) is 2.53. The number of aliphatic hydroxyl groups excluding tert-OH is 1. The Balaban J connectivity index is 3.15. The van der Waals surface area contributed by atoms with Crippen molar-refractivity contribution in [1.82, 2.24) is 0 Å². The summed E-state index contributed by atoms with van der Waals surface area (Å²) >= 11 is 0. The van der Waals surface area contributed by atoms with Crippen molar-refractivity contribution in [1.29, 1.82) is 0 Å². The van der Waals surface area contributed by atoms with E-state index >= 15 is 0 Å². The molecular formula is C16H26FNO. The molecule has 0 aliphatic rings. The Labute approximate surface area is 116 Å². The third-order valence-electron chi connectivity index (χ3n) is 3.47. The molecule has 0 bridgehead atoms. The van der Waals surface area contributed by atoms with Crippen molar-refractivity contribution in [3.05, 3.63) is 29.6 Å². The molecule has 3 heteroatoms. The van der Waals surface area contributed by atoms with Gasteiger partial charge in [-0.05, 0) is 37.0 Å². The first kappa shape index (κ1) is 16.0. The molecule has 2 nitrogen and oxygen atoms in total. The zero-order valence-corrected chi connectivity index (χ0v) is 12.5. The van der Waals surface area contributed by atoms with Gasteiger partial charge in [0.1, 0.15) is 5.82 Å². The average Bonchev–Trinajstić information content (AvgIpc) is 2.38. The van der Waals surface area contributed by atoms with Crippen molar-refractivity contribution in [2.24, 2.45) is 5.92 Å². The second-order valence-electron chi connectivity index (χ2n) is 5.45. The van der Waals surface area contributed by atoms with Gasteiger partial charge in [-0.1, -0.05) is 27.7 Å². The minimum absolute atomic E-state index is 0.123. The van der Waals surface area contributed by atoms with Crippen molar-refractivity contribution >= 4 is 5.69 Å². The molecule has 108 valence electrons. The van der Waals surface area contributed by atoms with Crippen LogP contribution in [0.5, 0.6) is 0 Å². The highest BCUT2D eigenvalue weighted by Crippen LogP contribution is 2.27. The minimum atomic E-state index is -0.290. The summed E-state index contributed by atoms with van der Waals surface area (Å²) in [7, 11) is 0. The van der Waals surface area contributed by atoms with Crippen LogP contribution in [-0.2, 0) is 6.61 Å². The number of hydrogen-bond donors (Lipinski definition) is 1. The molecule has 0 saturated heterocycles. The van der Waals surface area contributed by atoms with Gasteiger partial charge >= 0.3 is 0 Å². The van der Waals surface area contributed by atoms with Crippen LogP contribution in [0, 0.1) is 11.7 Å². The van der Waals surface area contributed by atoms with Gasteiger partial charge in [0.15, 0.2) is 0 Å². The van der Waals surface area contributed by atoms with Gasteiger partial charge in [0.2, 0.25) is 0 Å². The molecule has 19 heavy (non-hydrogen) atoms. The van der Waals surface area contributed by atoms with E-state index in [1.165, 1.54) is 12.1 Å². The Kier molecular flexibility index (Phi) is 6.29. The van der Waals surface area contributed by atoms with Gasteiger partial charge in [-0.3, -0.25) is 0 Å². The van der Waals surface area contributed by atoms with Crippen molar-refractivity contribution in [2.45, 2.75) is 53.2 Å². The molecule has 0 fully saturated rings. The molecule has 1 rings (SSSR count). The van der Waals surface area contributed by atoms with Gasteiger partial charge in [-0.15, -0.1) is 0 Å². The highest BCUT2D eigenvalue weighted by molar-refractivity contribution is 5.54. The topological polar surface area (TPSA) is 23.5 Å². The molecule has 0 atom stereocenters. The first-order valence-electron chi connectivity index (χ1n) is 7.19. The zero-order chi connectivity index (χ0) is 14.4. The fraction of sp³-hybridized carbons (Fsp3) is 0.625. The highest BCUT2D eigenvalue weighted by atomic mass is 19.1. The maximum absolute atomic E-state index is 13.3. The van der Waals surface area contributed by atoms with Crippen molar-refractivity contribution < 1.29 is 9.50 Å². The number of nitrogens with zero attached hydrogens (tertiary/aromatic N) is 1. The lowest BCUT2D eigenvalue weighted by molar-refractivity contribution is 0.281. The van der Waals surface area contributed by atoms with Gasteiger partial charge < -0.3 is 10.0 Å². The molecule has 0 saturated carbocycles. The normalized spacial score (nSPS) is 11.4. The van der Waals surface area contributed by atoms with Crippen LogP contribution in [0.2, 0.25) is 0 Å². The first-order valence-corrected chi connectivity index (χ1v) is 7.19. The van der Waals surface area contributed by atoms with Crippen LogP contribution < -0.4 is 4.90 Å². The molecule has 1 N–H and O–H groups in total. The lowest BCUT2D eigenvalue weighted by Crippen LogP contribution is -2.38. The van der Waals surface area contributed by atoms with Crippen molar-refractivity contribution in [2.75, 3.05) is 11.4 Å². The maximum atomic E-state index is 13.3. The zero-order valence-electron chi connectivity index (χ0n) is 12.5. The van der Waals surface area contributed by atoms with Gasteiger partial charge in [-0.2, -0.15) is 0 Å². The van der Waals surface area contributed by atoms with E-state index in [1.807, 2.05) is 0 Å². The summed E-state index contributed by atoms with van der Waals surface area (Å²) in [6.45, 7) is 9.50. The van der Waals surface area contributed by atoms with Crippen LogP contribution in [-0.4, -0.2) is 17.7 Å². The molecule has 1 aromatic rings. The van der Waals surface area contributed by atoms with Crippen LogP contribution in [0.3, 0.4) is 0 Å². The fourth-order valence-corrected chi connectivity index (χ4v) is 2.53. The number of rotatable bonds is 7. The summed E-state index contributed by atoms with van der Waals surface area (Å²) in [6.07, 6.45) is 2.09. The van der Waals surface area contributed by atoms with E-state index in [1.54, 1.807) is 6.07 Å². The van der Waals surface area contributed by atoms with Gasteiger partial charge in [0.05, 0.1) is 6.61 Å². The predicted octanol–water partition coefficient (Wildman–Crippen LogP) is 3.97. The Morgan fingerprint density at radius 2 is 1.84 bits per heavy atom. The smallest absolute Gasteiger partial charge is 0.123 e. The first-order chi connectivity index (χ1) is 9.03. The standard InChI is InChI=1S/C16H26FNO/c1-5-15(6-2)18(10-12(3)4)16-8-7-14(17)9-13(16)11-19/h7-9,12,15,19H,5-6,10-11H2,1-4H3. The minimum Gasteiger partial charge on any atom is -0.392 e. The number of aliphatic hydroxyl groups is 1. The monoisotopic (exact) mass is 267 g/mol. The summed E-state index contributed by atoms with van der Waals surface area (Å²) in [6, 6.07) is 5.13. The largest absolute Gasteiger partial charge is 0.392 e. The molecule has 0 aliphatic carbocycles. The van der Waals surface area contributed by atoms with Crippen LogP contribution in [0.4, 0.5) is 10.1 Å². The average molecular weight is 267 g/mol. The third kappa shape index (κ3) is 4.20.